The minimum atomic E-state index is -0.0552. The molecule has 0 saturated carbocycles. The van der Waals surface area contributed by atoms with Crippen LogP contribution in [0, 0.1) is 6.92 Å². The van der Waals surface area contributed by atoms with Crippen LogP contribution >= 0.6 is 11.3 Å². The van der Waals surface area contributed by atoms with Crippen molar-refractivity contribution in [3.8, 4) is 0 Å². The van der Waals surface area contributed by atoms with E-state index < -0.39 is 0 Å². The molecule has 1 atom stereocenters. The van der Waals surface area contributed by atoms with Crippen LogP contribution in [-0.2, 0) is 4.74 Å². The lowest BCUT2D eigenvalue weighted by Crippen LogP contribution is -2.43. The van der Waals surface area contributed by atoms with Crippen LogP contribution in [0.2, 0.25) is 0 Å². The summed E-state index contributed by atoms with van der Waals surface area (Å²) in [5, 5.41) is 7.71. The predicted octanol–water partition coefficient (Wildman–Crippen LogP) is 3.02. The first kappa shape index (κ1) is 13.6. The Kier molecular flexibility index (Phi) is 3.52. The molecular weight excluding hydrogens is 272 g/mol. The minimum Gasteiger partial charge on any atom is -0.379 e. The summed E-state index contributed by atoms with van der Waals surface area (Å²) in [5.41, 5.74) is -0.0552. The molecule has 2 aromatic rings. The number of nitrogens with zero attached hydrogens (tertiary/aromatic N) is 2. The fraction of sp³-hybridized carbons (Fsp3) is 0.571. The second-order valence-electron chi connectivity index (χ2n) is 5.56. The molecule has 108 valence electrons. The third-order valence-corrected chi connectivity index (χ3v) is 4.54. The monoisotopic (exact) mass is 292 g/mol. The number of nitrogens with one attached hydrogen (secondary N) is 2. The lowest BCUT2D eigenvalue weighted by molar-refractivity contribution is 0.0539. The number of rotatable bonds is 3. The molecule has 0 bridgehead atoms. The van der Waals surface area contributed by atoms with Crippen molar-refractivity contribution in [2.45, 2.75) is 32.2 Å². The van der Waals surface area contributed by atoms with Crippen LogP contribution in [0.15, 0.2) is 6.07 Å². The molecular formula is C14H20N4OS. The van der Waals surface area contributed by atoms with Crippen LogP contribution in [-0.4, -0.2) is 35.8 Å². The van der Waals surface area contributed by atoms with E-state index in [2.05, 4.69) is 40.5 Å². The second kappa shape index (κ2) is 5.18. The largest absolute Gasteiger partial charge is 0.379 e. The van der Waals surface area contributed by atoms with Crippen molar-refractivity contribution in [3.63, 3.8) is 0 Å². The smallest absolute Gasteiger partial charge is 0.225 e. The van der Waals surface area contributed by atoms with Crippen LogP contribution in [0.3, 0.4) is 0 Å². The molecule has 5 nitrogen and oxygen atoms in total. The molecule has 2 N–H and O–H groups in total. The van der Waals surface area contributed by atoms with Gasteiger partial charge in [-0.1, -0.05) is 0 Å². The lowest BCUT2D eigenvalue weighted by Gasteiger charge is -2.35. The zero-order valence-electron chi connectivity index (χ0n) is 12.1. The number of hydrogen-bond acceptors (Lipinski definition) is 6. The van der Waals surface area contributed by atoms with Gasteiger partial charge in [0.25, 0.3) is 0 Å². The lowest BCUT2D eigenvalue weighted by atomic mass is 9.95. The van der Waals surface area contributed by atoms with E-state index in [4.69, 9.17) is 4.74 Å². The number of ether oxygens (including phenoxy) is 1. The Morgan fingerprint density at radius 3 is 2.95 bits per heavy atom. The van der Waals surface area contributed by atoms with Gasteiger partial charge in [-0.2, -0.15) is 4.98 Å². The van der Waals surface area contributed by atoms with Crippen LogP contribution in [0.4, 0.5) is 11.8 Å². The molecule has 0 aliphatic carbocycles. The number of aryl methyl sites for hydroxylation is 1. The van der Waals surface area contributed by atoms with E-state index in [9.17, 15) is 0 Å². The topological polar surface area (TPSA) is 59.1 Å². The van der Waals surface area contributed by atoms with Crippen molar-refractivity contribution < 1.29 is 4.74 Å². The Hall–Kier alpha value is -1.40. The number of thiophene rings is 1. The number of hydrogen-bond donors (Lipinski definition) is 2. The Morgan fingerprint density at radius 2 is 2.25 bits per heavy atom. The van der Waals surface area contributed by atoms with Gasteiger partial charge in [0, 0.05) is 18.5 Å². The maximum absolute atomic E-state index is 5.61. The number of anilines is 2. The molecule has 0 radical (unpaired) electrons. The molecule has 1 fully saturated rings. The van der Waals surface area contributed by atoms with Gasteiger partial charge in [0.15, 0.2) is 0 Å². The zero-order chi connectivity index (χ0) is 14.2. The van der Waals surface area contributed by atoms with Crippen molar-refractivity contribution in [3.05, 3.63) is 10.9 Å². The summed E-state index contributed by atoms with van der Waals surface area (Å²) in [4.78, 5) is 11.4. The summed E-state index contributed by atoms with van der Waals surface area (Å²) in [6, 6.07) is 2.15. The van der Waals surface area contributed by atoms with Gasteiger partial charge in [-0.15, -0.1) is 11.3 Å². The van der Waals surface area contributed by atoms with Crippen molar-refractivity contribution in [2.75, 3.05) is 30.9 Å². The number of fused-ring (bicyclic) bond motifs is 1. The predicted molar refractivity (Wildman–Crippen MR) is 83.8 cm³/mol. The third-order valence-electron chi connectivity index (χ3n) is 3.60. The van der Waals surface area contributed by atoms with Crippen LogP contribution in [0.25, 0.3) is 10.2 Å². The summed E-state index contributed by atoms with van der Waals surface area (Å²) in [5.74, 6) is 1.55. The van der Waals surface area contributed by atoms with Crippen molar-refractivity contribution >= 4 is 33.3 Å². The van der Waals surface area contributed by atoms with Crippen molar-refractivity contribution in [2.24, 2.45) is 0 Å². The van der Waals surface area contributed by atoms with Crippen LogP contribution in [0.1, 0.15) is 24.6 Å². The van der Waals surface area contributed by atoms with E-state index in [0.717, 1.165) is 42.1 Å². The Balaban J connectivity index is 2.00. The van der Waals surface area contributed by atoms with Gasteiger partial charge < -0.3 is 15.4 Å². The maximum atomic E-state index is 5.61. The third kappa shape index (κ3) is 2.58. The van der Waals surface area contributed by atoms with Gasteiger partial charge in [0.2, 0.25) is 5.95 Å². The van der Waals surface area contributed by atoms with E-state index in [-0.39, 0.29) is 5.54 Å². The first-order valence-electron chi connectivity index (χ1n) is 6.91. The molecule has 1 saturated heterocycles. The van der Waals surface area contributed by atoms with Crippen LogP contribution < -0.4 is 10.6 Å². The fourth-order valence-electron chi connectivity index (χ4n) is 2.57. The molecule has 0 spiro atoms. The first-order valence-corrected chi connectivity index (χ1v) is 7.73. The van der Waals surface area contributed by atoms with Gasteiger partial charge in [-0.05, 0) is 32.8 Å². The fourth-order valence-corrected chi connectivity index (χ4v) is 3.45. The molecule has 20 heavy (non-hydrogen) atoms. The van der Waals surface area contributed by atoms with Gasteiger partial charge in [-0.3, -0.25) is 0 Å². The SMILES string of the molecule is CNc1nc(NC2(C)CCCOC2)c2cc(C)sc2n1. The first-order chi connectivity index (χ1) is 9.59. The second-order valence-corrected chi connectivity index (χ2v) is 6.80. The highest BCUT2D eigenvalue weighted by atomic mass is 32.1. The van der Waals surface area contributed by atoms with E-state index in [1.807, 2.05) is 7.05 Å². The summed E-state index contributed by atoms with van der Waals surface area (Å²) < 4.78 is 5.61. The number of aromatic nitrogens is 2. The van der Waals surface area contributed by atoms with E-state index >= 15 is 0 Å². The van der Waals surface area contributed by atoms with Gasteiger partial charge in [0.05, 0.1) is 17.5 Å². The van der Waals surface area contributed by atoms with E-state index in [0.29, 0.717) is 5.95 Å². The minimum absolute atomic E-state index is 0.0552. The molecule has 0 amide bonds. The highest BCUT2D eigenvalue weighted by molar-refractivity contribution is 7.18. The zero-order valence-corrected chi connectivity index (χ0v) is 12.9. The normalized spacial score (nSPS) is 22.9. The molecule has 6 heteroatoms. The summed E-state index contributed by atoms with van der Waals surface area (Å²) >= 11 is 1.69. The van der Waals surface area contributed by atoms with Gasteiger partial charge in [0.1, 0.15) is 10.6 Å². The van der Waals surface area contributed by atoms with Crippen molar-refractivity contribution in [1.82, 2.24) is 9.97 Å². The standard InChI is InChI=1S/C14H20N4OS/c1-9-7-10-11(16-13(15-3)17-12(10)20-9)18-14(2)5-4-6-19-8-14/h7H,4-6,8H2,1-3H3,(H2,15,16,17,18). The van der Waals surface area contributed by atoms with Gasteiger partial charge in [-0.25, -0.2) is 4.98 Å². The van der Waals surface area contributed by atoms with Gasteiger partial charge >= 0.3 is 0 Å². The quantitative estimate of drug-likeness (QED) is 0.910. The average molecular weight is 292 g/mol. The van der Waals surface area contributed by atoms with E-state index in [1.165, 1.54) is 4.88 Å². The highest BCUT2D eigenvalue weighted by Crippen LogP contribution is 2.32. The average Bonchev–Trinajstić information content (AvgIpc) is 2.79. The summed E-state index contributed by atoms with van der Waals surface area (Å²) in [7, 11) is 1.84. The molecule has 0 aromatic carbocycles. The van der Waals surface area contributed by atoms with Crippen LogP contribution in [0.5, 0.6) is 0 Å². The summed E-state index contributed by atoms with van der Waals surface area (Å²) in [6.07, 6.45) is 2.18. The molecule has 3 rings (SSSR count). The molecule has 2 aromatic heterocycles. The Morgan fingerprint density at radius 1 is 1.40 bits per heavy atom. The molecule has 1 unspecified atom stereocenters. The molecule has 1 aliphatic rings. The maximum Gasteiger partial charge on any atom is 0.225 e. The Labute approximate surface area is 122 Å². The van der Waals surface area contributed by atoms with E-state index in [1.54, 1.807) is 11.3 Å². The Bertz CT molecular complexity index is 619. The van der Waals surface area contributed by atoms with Crippen molar-refractivity contribution in [1.29, 1.82) is 0 Å². The highest BCUT2D eigenvalue weighted by Gasteiger charge is 2.28. The summed E-state index contributed by atoms with van der Waals surface area (Å²) in [6.45, 7) is 5.87. The molecule has 3 heterocycles. The molecule has 1 aliphatic heterocycles.